The van der Waals surface area contributed by atoms with Gasteiger partial charge >= 0.3 is 0 Å². The maximum absolute atomic E-state index is 13.8. The van der Waals surface area contributed by atoms with Crippen LogP contribution in [0.2, 0.25) is 0 Å². The second-order valence-corrected chi connectivity index (χ2v) is 5.76. The van der Waals surface area contributed by atoms with Gasteiger partial charge in [-0.1, -0.05) is 17.8 Å². The van der Waals surface area contributed by atoms with Gasteiger partial charge in [0, 0.05) is 15.6 Å². The first-order valence-corrected chi connectivity index (χ1v) is 6.94. The zero-order valence-corrected chi connectivity index (χ0v) is 12.0. The summed E-state index contributed by atoms with van der Waals surface area (Å²) in [5.74, 6) is -0.344. The molecule has 1 aromatic heterocycles. The molecule has 0 radical (unpaired) electrons. The Morgan fingerprint density at radius 2 is 2.11 bits per heavy atom. The van der Waals surface area contributed by atoms with Gasteiger partial charge in [0.25, 0.3) is 0 Å². The van der Waals surface area contributed by atoms with Gasteiger partial charge in [0.15, 0.2) is 0 Å². The fourth-order valence-electron chi connectivity index (χ4n) is 1.40. The summed E-state index contributed by atoms with van der Waals surface area (Å²) in [6, 6.07) is 8.40. The Hall–Kier alpha value is -0.910. The summed E-state index contributed by atoms with van der Waals surface area (Å²) in [6.45, 7) is 1.61. The number of benzene rings is 1. The zero-order chi connectivity index (χ0) is 13.1. The molecule has 2 rings (SSSR count). The summed E-state index contributed by atoms with van der Waals surface area (Å²) in [5, 5.41) is 10.1. The van der Waals surface area contributed by atoms with Crippen molar-refractivity contribution in [2.24, 2.45) is 0 Å². The van der Waals surface area contributed by atoms with Crippen LogP contribution in [0.1, 0.15) is 18.6 Å². The Bertz CT molecular complexity index is 545. The standard InChI is InChI=1S/C13H11BrFNOS/c1-8(17)9-2-4-12(11(15)6-9)18-13-5-3-10(14)7-16-13/h2-8,17H,1H3/t8-/m1/s1. The van der Waals surface area contributed by atoms with E-state index in [0.29, 0.717) is 10.5 Å². The summed E-state index contributed by atoms with van der Waals surface area (Å²) in [7, 11) is 0. The van der Waals surface area contributed by atoms with E-state index in [4.69, 9.17) is 0 Å². The van der Waals surface area contributed by atoms with Gasteiger partial charge in [0.1, 0.15) is 10.8 Å². The Morgan fingerprint density at radius 3 is 2.67 bits per heavy atom. The first kappa shape index (κ1) is 13.5. The minimum absolute atomic E-state index is 0.344. The van der Waals surface area contributed by atoms with Crippen molar-refractivity contribution in [3.8, 4) is 0 Å². The SMILES string of the molecule is C[C@@H](O)c1ccc(Sc2ccc(Br)cn2)c(F)c1. The predicted octanol–water partition coefficient (Wildman–Crippen LogP) is 4.19. The highest BCUT2D eigenvalue weighted by atomic mass is 79.9. The summed E-state index contributed by atoms with van der Waals surface area (Å²) in [6.07, 6.45) is 1.01. The molecule has 0 bridgehead atoms. The van der Waals surface area contributed by atoms with E-state index in [0.717, 1.165) is 9.50 Å². The van der Waals surface area contributed by atoms with Gasteiger partial charge in [-0.3, -0.25) is 0 Å². The van der Waals surface area contributed by atoms with Crippen molar-refractivity contribution in [3.63, 3.8) is 0 Å². The lowest BCUT2D eigenvalue weighted by Gasteiger charge is -2.07. The average Bonchev–Trinajstić information content (AvgIpc) is 2.34. The van der Waals surface area contributed by atoms with Crippen LogP contribution in [0.3, 0.4) is 0 Å². The number of aliphatic hydroxyl groups excluding tert-OH is 1. The van der Waals surface area contributed by atoms with Crippen molar-refractivity contribution in [2.45, 2.75) is 22.9 Å². The van der Waals surface area contributed by atoms with Crippen LogP contribution in [-0.4, -0.2) is 10.1 Å². The molecular weight excluding hydrogens is 317 g/mol. The molecule has 1 heterocycles. The van der Waals surface area contributed by atoms with Crippen LogP contribution in [0.25, 0.3) is 0 Å². The van der Waals surface area contributed by atoms with Crippen LogP contribution in [0, 0.1) is 5.82 Å². The number of hydrogen-bond acceptors (Lipinski definition) is 3. The third-order valence-electron chi connectivity index (χ3n) is 2.35. The minimum Gasteiger partial charge on any atom is -0.389 e. The van der Waals surface area contributed by atoms with Gasteiger partial charge in [-0.15, -0.1) is 0 Å². The summed E-state index contributed by atoms with van der Waals surface area (Å²) >= 11 is 4.55. The van der Waals surface area contributed by atoms with E-state index in [1.54, 1.807) is 25.3 Å². The first-order chi connectivity index (χ1) is 8.56. The molecule has 94 valence electrons. The molecule has 0 amide bonds. The summed E-state index contributed by atoms with van der Waals surface area (Å²) in [4.78, 5) is 4.67. The van der Waals surface area contributed by atoms with Crippen molar-refractivity contribution < 1.29 is 9.50 Å². The fraction of sp³-hybridized carbons (Fsp3) is 0.154. The number of pyridine rings is 1. The Morgan fingerprint density at radius 1 is 1.33 bits per heavy atom. The summed E-state index contributed by atoms with van der Waals surface area (Å²) in [5.41, 5.74) is 0.570. The quantitative estimate of drug-likeness (QED) is 0.917. The van der Waals surface area contributed by atoms with Crippen LogP contribution in [0.15, 0.2) is 50.9 Å². The van der Waals surface area contributed by atoms with Crippen molar-refractivity contribution in [2.75, 3.05) is 0 Å². The van der Waals surface area contributed by atoms with Crippen LogP contribution in [0.4, 0.5) is 4.39 Å². The number of nitrogens with zero attached hydrogens (tertiary/aromatic N) is 1. The molecule has 0 spiro atoms. The molecule has 2 nitrogen and oxygen atoms in total. The highest BCUT2D eigenvalue weighted by Crippen LogP contribution is 2.30. The third-order valence-corrected chi connectivity index (χ3v) is 3.82. The molecule has 0 saturated carbocycles. The molecule has 1 N–H and O–H groups in total. The highest BCUT2D eigenvalue weighted by Gasteiger charge is 2.08. The number of rotatable bonds is 3. The average molecular weight is 328 g/mol. The van der Waals surface area contributed by atoms with Crippen molar-refractivity contribution in [3.05, 3.63) is 52.4 Å². The molecule has 0 aliphatic carbocycles. The zero-order valence-electron chi connectivity index (χ0n) is 9.60. The first-order valence-electron chi connectivity index (χ1n) is 5.33. The Labute approximate surface area is 117 Å². The van der Waals surface area contributed by atoms with Crippen LogP contribution < -0.4 is 0 Å². The molecule has 5 heteroatoms. The minimum atomic E-state index is -0.663. The molecule has 1 aromatic carbocycles. The molecular formula is C13H11BrFNOS. The fourth-order valence-corrected chi connectivity index (χ4v) is 2.39. The molecule has 0 saturated heterocycles. The van der Waals surface area contributed by atoms with Crippen LogP contribution in [-0.2, 0) is 0 Å². The van der Waals surface area contributed by atoms with E-state index < -0.39 is 6.10 Å². The second-order valence-electron chi connectivity index (χ2n) is 3.78. The molecule has 0 aliphatic rings. The molecule has 18 heavy (non-hydrogen) atoms. The van der Waals surface area contributed by atoms with Gasteiger partial charge in [0.2, 0.25) is 0 Å². The van der Waals surface area contributed by atoms with Crippen LogP contribution in [0.5, 0.6) is 0 Å². The summed E-state index contributed by atoms with van der Waals surface area (Å²) < 4.78 is 14.7. The van der Waals surface area contributed by atoms with E-state index in [-0.39, 0.29) is 5.82 Å². The molecule has 2 aromatic rings. The molecule has 0 fully saturated rings. The van der Waals surface area contributed by atoms with Gasteiger partial charge in [-0.05, 0) is 52.7 Å². The molecule has 0 unspecified atom stereocenters. The Balaban J connectivity index is 2.22. The monoisotopic (exact) mass is 327 g/mol. The van der Waals surface area contributed by atoms with E-state index >= 15 is 0 Å². The van der Waals surface area contributed by atoms with Gasteiger partial charge in [-0.25, -0.2) is 9.37 Å². The van der Waals surface area contributed by atoms with E-state index in [9.17, 15) is 9.50 Å². The topological polar surface area (TPSA) is 33.1 Å². The Kier molecular flexibility index (Phi) is 4.37. The van der Waals surface area contributed by atoms with Gasteiger partial charge in [0.05, 0.1) is 6.10 Å². The number of aliphatic hydroxyl groups is 1. The lowest BCUT2D eigenvalue weighted by atomic mass is 10.1. The largest absolute Gasteiger partial charge is 0.389 e. The maximum atomic E-state index is 13.8. The van der Waals surface area contributed by atoms with Crippen LogP contribution >= 0.6 is 27.7 Å². The smallest absolute Gasteiger partial charge is 0.137 e. The van der Waals surface area contributed by atoms with E-state index in [1.807, 2.05) is 12.1 Å². The lowest BCUT2D eigenvalue weighted by Crippen LogP contribution is -1.93. The van der Waals surface area contributed by atoms with Crippen molar-refractivity contribution in [1.82, 2.24) is 4.98 Å². The van der Waals surface area contributed by atoms with Crippen molar-refractivity contribution in [1.29, 1.82) is 0 Å². The molecule has 0 aliphatic heterocycles. The number of aromatic nitrogens is 1. The number of halogens is 2. The predicted molar refractivity (Wildman–Crippen MR) is 73.1 cm³/mol. The van der Waals surface area contributed by atoms with Gasteiger partial charge in [-0.2, -0.15) is 0 Å². The van der Waals surface area contributed by atoms with Gasteiger partial charge < -0.3 is 5.11 Å². The highest BCUT2D eigenvalue weighted by molar-refractivity contribution is 9.10. The maximum Gasteiger partial charge on any atom is 0.137 e. The molecule has 1 atom stereocenters. The normalized spacial score (nSPS) is 12.4. The third kappa shape index (κ3) is 3.31. The second kappa shape index (κ2) is 5.82. The lowest BCUT2D eigenvalue weighted by molar-refractivity contribution is 0.198. The number of hydrogen-bond donors (Lipinski definition) is 1. The van der Waals surface area contributed by atoms with E-state index in [1.165, 1.54) is 17.8 Å². The van der Waals surface area contributed by atoms with E-state index in [2.05, 4.69) is 20.9 Å². The van der Waals surface area contributed by atoms with Crippen molar-refractivity contribution >= 4 is 27.7 Å².